The largest absolute Gasteiger partial charge is 0.497 e. The Morgan fingerprint density at radius 3 is 2.27 bits per heavy atom. The summed E-state index contributed by atoms with van der Waals surface area (Å²) in [7, 11) is 1.58. The Balaban J connectivity index is 1.56. The van der Waals surface area contributed by atoms with Gasteiger partial charge in [-0.1, -0.05) is 54.6 Å². The third kappa shape index (κ3) is 4.63. The van der Waals surface area contributed by atoms with Crippen LogP contribution in [0.4, 0.5) is 0 Å². The van der Waals surface area contributed by atoms with Gasteiger partial charge in [0.2, 0.25) is 5.91 Å². The average molecular weight is 443 g/mol. The van der Waals surface area contributed by atoms with E-state index in [-0.39, 0.29) is 11.8 Å². The van der Waals surface area contributed by atoms with Crippen molar-refractivity contribution in [1.82, 2.24) is 4.90 Å². The monoisotopic (exact) mass is 442 g/mol. The molecule has 33 heavy (non-hydrogen) atoms. The molecule has 0 bridgehead atoms. The van der Waals surface area contributed by atoms with Gasteiger partial charge in [-0.2, -0.15) is 0 Å². The van der Waals surface area contributed by atoms with E-state index in [1.54, 1.807) is 19.2 Å². The first kappa shape index (κ1) is 22.6. The molecule has 2 N–H and O–H groups in total. The van der Waals surface area contributed by atoms with Gasteiger partial charge in [0.1, 0.15) is 5.75 Å². The molecule has 5 nitrogen and oxygen atoms in total. The quantitative estimate of drug-likeness (QED) is 0.605. The molecular weight excluding hydrogens is 412 g/mol. The Bertz CT molecular complexity index is 1160. The van der Waals surface area contributed by atoms with Crippen molar-refractivity contribution in [3.8, 4) is 16.9 Å². The second-order valence-electron chi connectivity index (χ2n) is 8.82. The first-order valence-corrected chi connectivity index (χ1v) is 11.3. The van der Waals surface area contributed by atoms with Crippen molar-refractivity contribution in [2.75, 3.05) is 20.2 Å². The fourth-order valence-corrected chi connectivity index (χ4v) is 4.76. The van der Waals surface area contributed by atoms with Crippen molar-refractivity contribution in [2.24, 2.45) is 11.1 Å². The summed E-state index contributed by atoms with van der Waals surface area (Å²) >= 11 is 0. The summed E-state index contributed by atoms with van der Waals surface area (Å²) in [6.07, 6.45) is 1.65. The second-order valence-corrected chi connectivity index (χ2v) is 8.82. The molecule has 0 radical (unpaired) electrons. The lowest BCUT2D eigenvalue weighted by Crippen LogP contribution is -2.50. The van der Waals surface area contributed by atoms with Gasteiger partial charge >= 0.3 is 0 Å². The standard InChI is InChI=1S/C28H30N2O3/c1-20-8-3-5-12-24(20)25-13-6-4-9-22(25)19-28(27(29)32)14-16-30(17-15-28)26(31)21-10-7-11-23(18-21)33-2/h3-13,18H,14-17,19H2,1-2H3,(H2,29,32). The van der Waals surface area contributed by atoms with E-state index in [0.717, 1.165) is 11.1 Å². The number of primary amides is 1. The van der Waals surface area contributed by atoms with Gasteiger partial charge in [0.05, 0.1) is 12.5 Å². The van der Waals surface area contributed by atoms with Gasteiger partial charge in [0.15, 0.2) is 0 Å². The number of nitrogens with two attached hydrogens (primary N) is 1. The summed E-state index contributed by atoms with van der Waals surface area (Å²) in [5, 5.41) is 0. The molecule has 170 valence electrons. The number of nitrogens with zero attached hydrogens (tertiary/aromatic N) is 1. The van der Waals surface area contributed by atoms with Crippen LogP contribution in [0.25, 0.3) is 11.1 Å². The summed E-state index contributed by atoms with van der Waals surface area (Å²) in [6.45, 7) is 3.08. The highest BCUT2D eigenvalue weighted by molar-refractivity contribution is 5.95. The van der Waals surface area contributed by atoms with E-state index in [9.17, 15) is 9.59 Å². The normalized spacial score (nSPS) is 15.2. The Morgan fingerprint density at radius 2 is 1.61 bits per heavy atom. The van der Waals surface area contributed by atoms with Crippen molar-refractivity contribution >= 4 is 11.8 Å². The number of ether oxygens (including phenoxy) is 1. The van der Waals surface area contributed by atoms with Crippen LogP contribution in [0.15, 0.2) is 72.8 Å². The van der Waals surface area contributed by atoms with Crippen LogP contribution in [0.2, 0.25) is 0 Å². The Kier molecular flexibility index (Phi) is 6.50. The average Bonchev–Trinajstić information content (AvgIpc) is 2.85. The van der Waals surface area contributed by atoms with Gasteiger partial charge in [-0.05, 0) is 66.6 Å². The molecule has 0 aliphatic carbocycles. The molecule has 5 heteroatoms. The van der Waals surface area contributed by atoms with Gasteiger partial charge in [0, 0.05) is 18.7 Å². The number of benzene rings is 3. The highest BCUT2D eigenvalue weighted by Gasteiger charge is 2.41. The predicted molar refractivity (Wildman–Crippen MR) is 130 cm³/mol. The highest BCUT2D eigenvalue weighted by atomic mass is 16.5. The Hall–Kier alpha value is -3.60. The minimum Gasteiger partial charge on any atom is -0.497 e. The van der Waals surface area contributed by atoms with Crippen LogP contribution in [-0.2, 0) is 11.2 Å². The number of aryl methyl sites for hydroxylation is 1. The van der Waals surface area contributed by atoms with E-state index in [0.29, 0.717) is 43.7 Å². The van der Waals surface area contributed by atoms with Crippen LogP contribution in [0.5, 0.6) is 5.75 Å². The summed E-state index contributed by atoms with van der Waals surface area (Å²) in [6, 6.07) is 23.7. The zero-order valence-corrected chi connectivity index (χ0v) is 19.2. The summed E-state index contributed by atoms with van der Waals surface area (Å²) in [4.78, 5) is 27.6. The van der Waals surface area contributed by atoms with Crippen LogP contribution >= 0.6 is 0 Å². The lowest BCUT2D eigenvalue weighted by molar-refractivity contribution is -0.130. The molecule has 0 saturated carbocycles. The first-order valence-electron chi connectivity index (χ1n) is 11.3. The van der Waals surface area contributed by atoms with Crippen molar-refractivity contribution in [2.45, 2.75) is 26.2 Å². The maximum atomic E-state index is 13.0. The molecule has 4 rings (SSSR count). The van der Waals surface area contributed by atoms with Crippen LogP contribution in [0.1, 0.15) is 34.3 Å². The number of carbonyl (C=O) groups excluding carboxylic acids is 2. The van der Waals surface area contributed by atoms with E-state index in [1.807, 2.05) is 41.3 Å². The van der Waals surface area contributed by atoms with Gasteiger partial charge < -0.3 is 15.4 Å². The lowest BCUT2D eigenvalue weighted by atomic mass is 9.72. The summed E-state index contributed by atoms with van der Waals surface area (Å²) in [5.41, 5.74) is 10.5. The van der Waals surface area contributed by atoms with Crippen LogP contribution in [0.3, 0.4) is 0 Å². The van der Waals surface area contributed by atoms with E-state index < -0.39 is 5.41 Å². The van der Waals surface area contributed by atoms with Gasteiger partial charge in [-0.25, -0.2) is 0 Å². The van der Waals surface area contributed by atoms with Crippen molar-refractivity contribution in [3.63, 3.8) is 0 Å². The fourth-order valence-electron chi connectivity index (χ4n) is 4.76. The molecule has 0 unspecified atom stereocenters. The molecular formula is C28H30N2O3. The maximum absolute atomic E-state index is 13.0. The topological polar surface area (TPSA) is 72.6 Å². The number of likely N-dealkylation sites (tertiary alicyclic amines) is 1. The molecule has 2 amide bonds. The predicted octanol–water partition coefficient (Wildman–Crippen LogP) is 4.62. The minimum atomic E-state index is -0.677. The molecule has 1 aliphatic rings. The zero-order valence-electron chi connectivity index (χ0n) is 19.2. The molecule has 1 fully saturated rings. The number of hydrogen-bond acceptors (Lipinski definition) is 3. The third-order valence-corrected chi connectivity index (χ3v) is 6.83. The van der Waals surface area contributed by atoms with E-state index in [1.165, 1.54) is 11.1 Å². The number of carbonyl (C=O) groups is 2. The molecule has 0 atom stereocenters. The summed E-state index contributed by atoms with van der Waals surface area (Å²) < 4.78 is 5.25. The van der Waals surface area contributed by atoms with E-state index >= 15 is 0 Å². The zero-order chi connectivity index (χ0) is 23.4. The van der Waals surface area contributed by atoms with Gasteiger partial charge in [0.25, 0.3) is 5.91 Å². The molecule has 1 heterocycles. The molecule has 3 aromatic rings. The molecule has 3 aromatic carbocycles. The van der Waals surface area contributed by atoms with Crippen LogP contribution < -0.4 is 10.5 Å². The number of piperidine rings is 1. The number of hydrogen-bond donors (Lipinski definition) is 1. The number of rotatable bonds is 6. The SMILES string of the molecule is COc1cccc(C(=O)N2CCC(Cc3ccccc3-c3ccccc3C)(C(N)=O)CC2)c1. The first-order chi connectivity index (χ1) is 15.9. The third-order valence-electron chi connectivity index (χ3n) is 6.83. The second kappa shape index (κ2) is 9.49. The molecule has 1 saturated heterocycles. The van der Waals surface area contributed by atoms with E-state index in [2.05, 4.69) is 31.2 Å². The molecule has 1 aliphatic heterocycles. The maximum Gasteiger partial charge on any atom is 0.253 e. The van der Waals surface area contributed by atoms with Crippen LogP contribution in [-0.4, -0.2) is 36.9 Å². The highest BCUT2D eigenvalue weighted by Crippen LogP contribution is 2.38. The fraction of sp³-hybridized carbons (Fsp3) is 0.286. The van der Waals surface area contributed by atoms with Crippen molar-refractivity contribution in [1.29, 1.82) is 0 Å². The minimum absolute atomic E-state index is 0.0488. The number of methoxy groups -OCH3 is 1. The lowest BCUT2D eigenvalue weighted by Gasteiger charge is -2.40. The Labute approximate surface area is 195 Å². The van der Waals surface area contributed by atoms with Gasteiger partial charge in [-0.3, -0.25) is 9.59 Å². The molecule has 0 spiro atoms. The van der Waals surface area contributed by atoms with Crippen LogP contribution in [0, 0.1) is 12.3 Å². The smallest absolute Gasteiger partial charge is 0.253 e. The summed E-state index contributed by atoms with van der Waals surface area (Å²) in [5.74, 6) is 0.306. The Morgan fingerprint density at radius 1 is 0.939 bits per heavy atom. The van der Waals surface area contributed by atoms with Crippen molar-refractivity contribution < 1.29 is 14.3 Å². The number of amides is 2. The van der Waals surface area contributed by atoms with E-state index in [4.69, 9.17) is 10.5 Å². The van der Waals surface area contributed by atoms with Gasteiger partial charge in [-0.15, -0.1) is 0 Å². The molecule has 0 aromatic heterocycles. The van der Waals surface area contributed by atoms with Crippen molar-refractivity contribution in [3.05, 3.63) is 89.5 Å².